The van der Waals surface area contributed by atoms with E-state index in [0.717, 1.165) is 19.3 Å². The molecule has 8 nitrogen and oxygen atoms in total. The molecule has 0 amide bonds. The summed E-state index contributed by atoms with van der Waals surface area (Å²) in [7, 11) is 0. The van der Waals surface area contributed by atoms with Crippen LogP contribution in [0, 0.1) is 0 Å². The molecule has 0 aliphatic carbocycles. The molecule has 2 saturated heterocycles. The van der Waals surface area contributed by atoms with Crippen LogP contribution in [0.1, 0.15) is 25.7 Å². The van der Waals surface area contributed by atoms with Crippen LogP contribution in [0.2, 0.25) is 0 Å². The summed E-state index contributed by atoms with van der Waals surface area (Å²) in [4.78, 5) is 8.46. The van der Waals surface area contributed by atoms with E-state index in [-0.39, 0.29) is 12.0 Å². The van der Waals surface area contributed by atoms with Gasteiger partial charge in [-0.25, -0.2) is 0 Å². The molecule has 0 saturated carbocycles. The summed E-state index contributed by atoms with van der Waals surface area (Å²) >= 11 is 0. The number of aromatic nitrogens is 4. The number of rotatable bonds is 6. The lowest BCUT2D eigenvalue weighted by atomic mass is 10.0. The molecule has 2 aromatic heterocycles. The largest absolute Gasteiger partial charge is 0.472 e. The lowest BCUT2D eigenvalue weighted by molar-refractivity contribution is -0.0528. The summed E-state index contributed by atoms with van der Waals surface area (Å²) in [5, 5.41) is 12.6. The van der Waals surface area contributed by atoms with Crippen molar-refractivity contribution < 1.29 is 18.3 Å². The Kier molecular flexibility index (Phi) is 4.35. The van der Waals surface area contributed by atoms with Crippen molar-refractivity contribution in [3.63, 3.8) is 0 Å². The van der Waals surface area contributed by atoms with E-state index in [0.29, 0.717) is 29.6 Å². The number of nitrogens with one attached hydrogen (secondary N) is 3. The highest BCUT2D eigenvalue weighted by molar-refractivity contribution is 5.52. The number of fused-ring (bicyclic) bond motifs is 2. The minimum atomic E-state index is -2.92. The molecule has 10 heteroatoms. The topological polar surface area (TPSA) is 97.0 Å². The van der Waals surface area contributed by atoms with Gasteiger partial charge in [0.25, 0.3) is 0 Å². The number of halogens is 2. The van der Waals surface area contributed by atoms with Gasteiger partial charge in [0, 0.05) is 18.2 Å². The molecular formula is C15H18F2N6O2. The van der Waals surface area contributed by atoms with Crippen LogP contribution in [-0.2, 0) is 0 Å². The van der Waals surface area contributed by atoms with Crippen LogP contribution in [0.3, 0.4) is 0 Å². The molecule has 0 spiro atoms. The van der Waals surface area contributed by atoms with E-state index in [4.69, 9.17) is 4.74 Å². The second-order valence-electron chi connectivity index (χ2n) is 6.15. The summed E-state index contributed by atoms with van der Waals surface area (Å²) in [5.74, 6) is 0.991. The van der Waals surface area contributed by atoms with E-state index in [9.17, 15) is 8.78 Å². The molecular weight excluding hydrogens is 334 g/mol. The fourth-order valence-electron chi connectivity index (χ4n) is 3.36. The number of piperidine rings is 1. The normalized spacial score (nSPS) is 25.2. The second-order valence-corrected chi connectivity index (χ2v) is 6.15. The molecule has 134 valence electrons. The Labute approximate surface area is 142 Å². The Balaban J connectivity index is 1.40. The van der Waals surface area contributed by atoms with Crippen molar-refractivity contribution in [2.75, 3.05) is 5.32 Å². The zero-order chi connectivity index (χ0) is 17.2. The molecule has 25 heavy (non-hydrogen) atoms. The van der Waals surface area contributed by atoms with Gasteiger partial charge in [-0.3, -0.25) is 10.1 Å². The van der Waals surface area contributed by atoms with Gasteiger partial charge in [0.2, 0.25) is 11.8 Å². The van der Waals surface area contributed by atoms with Crippen LogP contribution in [-0.4, -0.2) is 45.0 Å². The molecule has 0 unspecified atom stereocenters. The van der Waals surface area contributed by atoms with Crippen molar-refractivity contribution in [1.29, 1.82) is 0 Å². The van der Waals surface area contributed by atoms with E-state index in [1.165, 1.54) is 18.7 Å². The first kappa shape index (κ1) is 16.0. The van der Waals surface area contributed by atoms with Crippen molar-refractivity contribution in [2.24, 2.45) is 0 Å². The number of H-pyrrole nitrogens is 1. The zero-order valence-corrected chi connectivity index (χ0v) is 13.3. The highest BCUT2D eigenvalue weighted by Gasteiger charge is 2.36. The van der Waals surface area contributed by atoms with Gasteiger partial charge in [0.05, 0.1) is 12.4 Å². The number of hydrogen-bond donors (Lipinski definition) is 3. The third-order valence-corrected chi connectivity index (χ3v) is 4.44. The smallest absolute Gasteiger partial charge is 0.388 e. The standard InChI is InChI=1S/C15H18F2N6O2/c16-15(17)25-13-5-11(22-23-13)20-12-6-18-7-14(21-12)24-10-4-2-8-1-3-9(10)19-8/h5-10,15,19H,1-4H2,(H2,20,21,22,23)/t8-,9+,10-/m1/s1. The number of hydrogen-bond acceptors (Lipinski definition) is 7. The molecule has 2 fully saturated rings. The maximum atomic E-state index is 12.2. The van der Waals surface area contributed by atoms with Crippen molar-refractivity contribution in [1.82, 2.24) is 25.5 Å². The van der Waals surface area contributed by atoms with E-state index >= 15 is 0 Å². The third-order valence-electron chi connectivity index (χ3n) is 4.44. The van der Waals surface area contributed by atoms with E-state index in [2.05, 4.69) is 35.5 Å². The molecule has 2 bridgehead atoms. The van der Waals surface area contributed by atoms with Crippen LogP contribution in [0.4, 0.5) is 20.4 Å². The van der Waals surface area contributed by atoms with Crippen LogP contribution in [0.15, 0.2) is 18.5 Å². The number of ether oxygens (including phenoxy) is 2. The van der Waals surface area contributed by atoms with Gasteiger partial charge in [-0.2, -0.15) is 13.8 Å². The maximum Gasteiger partial charge on any atom is 0.388 e. The molecule has 2 aliphatic heterocycles. The minimum Gasteiger partial charge on any atom is -0.472 e. The summed E-state index contributed by atoms with van der Waals surface area (Å²) < 4.78 is 34.5. The molecule has 4 rings (SSSR count). The van der Waals surface area contributed by atoms with Crippen LogP contribution in [0.5, 0.6) is 11.8 Å². The summed E-state index contributed by atoms with van der Waals surface area (Å²) in [5.41, 5.74) is 0. The molecule has 0 aromatic carbocycles. The van der Waals surface area contributed by atoms with Crippen LogP contribution in [0.25, 0.3) is 0 Å². The average Bonchev–Trinajstić information content (AvgIpc) is 3.17. The predicted molar refractivity (Wildman–Crippen MR) is 84.1 cm³/mol. The van der Waals surface area contributed by atoms with E-state index in [1.807, 2.05) is 0 Å². The first-order valence-corrected chi connectivity index (χ1v) is 8.18. The number of anilines is 2. The molecule has 2 aromatic rings. The van der Waals surface area contributed by atoms with Gasteiger partial charge < -0.3 is 20.1 Å². The number of nitrogens with zero attached hydrogens (tertiary/aromatic N) is 3. The predicted octanol–water partition coefficient (Wildman–Crippen LogP) is 2.21. The Hall–Kier alpha value is -2.49. The van der Waals surface area contributed by atoms with Crippen LogP contribution >= 0.6 is 0 Å². The number of alkyl halides is 2. The monoisotopic (exact) mass is 352 g/mol. The van der Waals surface area contributed by atoms with Gasteiger partial charge in [0.1, 0.15) is 11.9 Å². The van der Waals surface area contributed by atoms with Crippen molar-refractivity contribution >= 4 is 11.6 Å². The molecule has 2 aliphatic rings. The lowest BCUT2D eigenvalue weighted by Gasteiger charge is -2.30. The zero-order valence-electron chi connectivity index (χ0n) is 13.3. The van der Waals surface area contributed by atoms with Gasteiger partial charge >= 0.3 is 6.61 Å². The molecule has 0 radical (unpaired) electrons. The van der Waals surface area contributed by atoms with Gasteiger partial charge in [-0.15, -0.1) is 5.10 Å². The van der Waals surface area contributed by atoms with Gasteiger partial charge in [-0.1, -0.05) is 0 Å². The van der Waals surface area contributed by atoms with Crippen molar-refractivity contribution in [3.8, 4) is 11.8 Å². The van der Waals surface area contributed by atoms with Gasteiger partial charge in [0.15, 0.2) is 5.82 Å². The quantitative estimate of drug-likeness (QED) is 0.733. The Morgan fingerprint density at radius 2 is 2.04 bits per heavy atom. The first-order chi connectivity index (χ1) is 12.2. The first-order valence-electron chi connectivity index (χ1n) is 8.18. The highest BCUT2D eigenvalue weighted by atomic mass is 19.3. The van der Waals surface area contributed by atoms with Gasteiger partial charge in [-0.05, 0) is 25.7 Å². The summed E-state index contributed by atoms with van der Waals surface area (Å²) in [6.07, 6.45) is 7.56. The lowest BCUT2D eigenvalue weighted by Crippen LogP contribution is -2.46. The summed E-state index contributed by atoms with van der Waals surface area (Å²) in [6.45, 7) is -2.92. The Morgan fingerprint density at radius 1 is 1.16 bits per heavy atom. The third kappa shape index (κ3) is 3.78. The Bertz CT molecular complexity index is 728. The van der Waals surface area contributed by atoms with E-state index in [1.54, 1.807) is 6.20 Å². The highest BCUT2D eigenvalue weighted by Crippen LogP contribution is 2.29. The molecule has 4 heterocycles. The number of aromatic amines is 1. The van der Waals surface area contributed by atoms with Crippen LogP contribution < -0.4 is 20.1 Å². The molecule has 3 atom stereocenters. The molecule has 3 N–H and O–H groups in total. The fraction of sp³-hybridized carbons (Fsp3) is 0.533. The second kappa shape index (κ2) is 6.79. The Morgan fingerprint density at radius 3 is 2.92 bits per heavy atom. The fourth-order valence-corrected chi connectivity index (χ4v) is 3.36. The van der Waals surface area contributed by atoms with Crippen molar-refractivity contribution in [2.45, 2.75) is 50.5 Å². The van der Waals surface area contributed by atoms with E-state index < -0.39 is 6.61 Å². The summed E-state index contributed by atoms with van der Waals surface area (Å²) in [6, 6.07) is 2.29. The maximum absolute atomic E-state index is 12.2. The minimum absolute atomic E-state index is 0.0847. The van der Waals surface area contributed by atoms with Crippen molar-refractivity contribution in [3.05, 3.63) is 18.5 Å². The average molecular weight is 352 g/mol. The SMILES string of the molecule is FC(F)Oc1cc(Nc2cncc(O[C@@H]3CC[C@H]4CC[C@@H]3N4)n2)[nH]n1.